The molecule has 0 atom stereocenters. The van der Waals surface area contributed by atoms with Crippen molar-refractivity contribution in [2.75, 3.05) is 0 Å². The van der Waals surface area contributed by atoms with E-state index >= 15 is 0 Å². The molecule has 0 saturated heterocycles. The van der Waals surface area contributed by atoms with Gasteiger partial charge in [-0.3, -0.25) is 0 Å². The van der Waals surface area contributed by atoms with Crippen LogP contribution in [-0.2, 0) is 42.6 Å². The minimum absolute atomic E-state index is 0. The van der Waals surface area contributed by atoms with E-state index in [-0.39, 0.29) is 53.3 Å². The Morgan fingerprint density at radius 1 is 1.60 bits per heavy atom. The molecule has 0 fully saturated rings. The molecule has 28 valence electrons. The Hall–Kier alpha value is 1.78. The summed E-state index contributed by atoms with van der Waals surface area (Å²) in [7, 11) is 0.897. The molecule has 5 heteroatoms. The Labute approximate surface area is 65.4 Å². The van der Waals surface area contributed by atoms with Crippen molar-refractivity contribution in [2.45, 2.75) is 0 Å². The smallest absolute Gasteiger partial charge is 0 e. The molecule has 0 aromatic rings. The van der Waals surface area contributed by atoms with Gasteiger partial charge in [0.15, 0.2) is 0 Å². The summed E-state index contributed by atoms with van der Waals surface area (Å²) < 4.78 is 9.08. The van der Waals surface area contributed by atoms with Gasteiger partial charge in [0.05, 0.1) is 0 Å². The minimum Gasteiger partial charge on any atom is 0 e. The molecule has 0 bridgehead atoms. The zero-order valence-corrected chi connectivity index (χ0v) is 8.66. The Balaban J connectivity index is -0.0000000200. The van der Waals surface area contributed by atoms with Crippen LogP contribution < -0.4 is 0 Å². The molecule has 0 radical (unpaired) electrons. The monoisotopic (exact) mass is 178 g/mol. The van der Waals surface area contributed by atoms with Crippen LogP contribution in [0.5, 0.6) is 0 Å². The molecule has 0 unspecified atom stereocenters. The van der Waals surface area contributed by atoms with Crippen molar-refractivity contribution in [3.8, 4) is 0 Å². The molecule has 0 N–H and O–H groups in total. The second-order valence-corrected chi connectivity index (χ2v) is 2.12. The molecule has 0 aliphatic heterocycles. The first kappa shape index (κ1) is 15.9. The van der Waals surface area contributed by atoms with Crippen LogP contribution in [0.4, 0.5) is 0 Å². The second-order valence-electron chi connectivity index (χ2n) is 0.236. The predicted molar refractivity (Wildman–Crippen MR) is 16.4 cm³/mol. The van der Waals surface area contributed by atoms with Crippen LogP contribution in [0.2, 0.25) is 0 Å². The average molecular weight is 178 g/mol. The summed E-state index contributed by atoms with van der Waals surface area (Å²) in [4.78, 5) is 0. The van der Waals surface area contributed by atoms with Crippen LogP contribution in [-0.4, -0.2) is 23.3 Å². The van der Waals surface area contributed by atoms with Crippen LogP contribution in [0.25, 0.3) is 0 Å². The Bertz CT molecular complexity index is 19.1. The Morgan fingerprint density at radius 3 is 1.60 bits per heavy atom. The van der Waals surface area contributed by atoms with Gasteiger partial charge in [-0.15, -0.1) is 0 Å². The summed E-state index contributed by atoms with van der Waals surface area (Å²) in [5, 5.41) is 0. The molecule has 1 nitrogen and oxygen atoms in total. The average Bonchev–Trinajstić information content (AvgIpc) is 0.918. The summed E-state index contributed by atoms with van der Waals surface area (Å²) in [6.45, 7) is 0. The topological polar surface area (TPSA) is 17.1 Å². The minimum atomic E-state index is -0.361. The fourth-order valence-electron chi connectivity index (χ4n) is 0. The maximum absolute atomic E-state index is 9.08. The normalized spacial score (nSPS) is 2.40. The van der Waals surface area contributed by atoms with E-state index in [4.69, 9.17) is 3.80 Å². The van der Waals surface area contributed by atoms with Gasteiger partial charge in [-0.25, -0.2) is 0 Å². The number of rotatable bonds is 0. The van der Waals surface area contributed by atoms with E-state index < -0.39 is 0 Å². The zero-order chi connectivity index (χ0) is 2.71. The molecular formula is H3AlFeOSiTi. The predicted octanol–water partition coefficient (Wildman–Crippen LogP) is -1.69. The SMILES string of the molecule is [Fe].[O]=[Al][SiH3].[Ti]. The van der Waals surface area contributed by atoms with Crippen LogP contribution >= 0.6 is 0 Å². The molecule has 0 heterocycles. The van der Waals surface area contributed by atoms with Crippen molar-refractivity contribution in [3.63, 3.8) is 0 Å². The van der Waals surface area contributed by atoms with Gasteiger partial charge in [0.2, 0.25) is 0 Å². The quantitative estimate of drug-likeness (QED) is 0.404. The summed E-state index contributed by atoms with van der Waals surface area (Å²) >= 11 is -0.361. The molecule has 0 aromatic carbocycles. The Kier molecular flexibility index (Phi) is 54.2. The first-order chi connectivity index (χ1) is 1.41. The van der Waals surface area contributed by atoms with Crippen LogP contribution in [0.3, 0.4) is 0 Å². The molecule has 0 aliphatic rings. The van der Waals surface area contributed by atoms with Gasteiger partial charge in [0.1, 0.15) is 0 Å². The molecular weight excluding hydrogens is 175 g/mol. The Morgan fingerprint density at radius 2 is 1.60 bits per heavy atom. The van der Waals surface area contributed by atoms with E-state index in [9.17, 15) is 0 Å². The third-order valence-corrected chi connectivity index (χ3v) is 0. The summed E-state index contributed by atoms with van der Waals surface area (Å²) in [5.74, 6) is 0. The zero-order valence-electron chi connectivity index (χ0n) is 2.84. The maximum Gasteiger partial charge on any atom is 0 e. The molecule has 0 saturated carbocycles. The van der Waals surface area contributed by atoms with Crippen LogP contribution in [0, 0.1) is 0 Å². The molecule has 5 heavy (non-hydrogen) atoms. The standard InChI is InChI=1S/Al.Fe.O.H3Si.Ti/h;;;1H3;. The van der Waals surface area contributed by atoms with E-state index in [1.54, 1.807) is 0 Å². The van der Waals surface area contributed by atoms with Gasteiger partial charge >= 0.3 is 27.1 Å². The second kappa shape index (κ2) is 17.1. The largest absolute Gasteiger partial charge is 0 e. The van der Waals surface area contributed by atoms with Crippen molar-refractivity contribution in [3.05, 3.63) is 0 Å². The summed E-state index contributed by atoms with van der Waals surface area (Å²) in [5.41, 5.74) is 0. The number of hydrogen-bond acceptors (Lipinski definition) is 1. The molecule has 0 amide bonds. The van der Waals surface area contributed by atoms with E-state index in [0.29, 0.717) is 0 Å². The van der Waals surface area contributed by atoms with Gasteiger partial charge in [-0.2, -0.15) is 0 Å². The first-order valence-corrected chi connectivity index (χ1v) is 5.90. The van der Waals surface area contributed by atoms with E-state index in [0.717, 1.165) is 8.80 Å². The van der Waals surface area contributed by atoms with E-state index in [1.807, 2.05) is 0 Å². The first-order valence-electron chi connectivity index (χ1n) is 0.813. The van der Waals surface area contributed by atoms with Crippen molar-refractivity contribution < 1.29 is 42.6 Å². The number of hydrogen-bond donors (Lipinski definition) is 0. The molecule has 0 rings (SSSR count). The third-order valence-electron chi connectivity index (χ3n) is 0. The van der Waals surface area contributed by atoms with Gasteiger partial charge in [0.25, 0.3) is 0 Å². The van der Waals surface area contributed by atoms with Crippen molar-refractivity contribution in [1.82, 2.24) is 0 Å². The van der Waals surface area contributed by atoms with Crippen molar-refractivity contribution in [1.29, 1.82) is 0 Å². The van der Waals surface area contributed by atoms with E-state index in [2.05, 4.69) is 0 Å². The van der Waals surface area contributed by atoms with Crippen molar-refractivity contribution in [2.24, 2.45) is 0 Å². The fraction of sp³-hybridized carbons (Fsp3) is 0. The van der Waals surface area contributed by atoms with Gasteiger partial charge < -0.3 is 0 Å². The molecule has 0 aromatic heterocycles. The van der Waals surface area contributed by atoms with Crippen LogP contribution in [0.15, 0.2) is 0 Å². The summed E-state index contributed by atoms with van der Waals surface area (Å²) in [6.07, 6.45) is 0. The van der Waals surface area contributed by atoms with Crippen LogP contribution in [0.1, 0.15) is 0 Å². The van der Waals surface area contributed by atoms with Gasteiger partial charge in [-0.1, -0.05) is 0 Å². The van der Waals surface area contributed by atoms with E-state index in [1.165, 1.54) is 0 Å². The van der Waals surface area contributed by atoms with Crippen molar-refractivity contribution >= 4 is 23.3 Å². The third kappa shape index (κ3) is 26.0. The van der Waals surface area contributed by atoms with Gasteiger partial charge in [0, 0.05) is 38.8 Å². The summed E-state index contributed by atoms with van der Waals surface area (Å²) in [6, 6.07) is 0. The molecule has 0 spiro atoms. The fourth-order valence-corrected chi connectivity index (χ4v) is 0. The van der Waals surface area contributed by atoms with Gasteiger partial charge in [-0.05, 0) is 0 Å². The molecule has 0 aliphatic carbocycles. The maximum atomic E-state index is 9.08.